The molecule has 18 heavy (non-hydrogen) atoms. The number of amides is 1. The molecule has 4 N–H and O–H groups in total. The third-order valence-electron chi connectivity index (χ3n) is 2.34. The fraction of sp³-hybridized carbons (Fsp3) is 0.231. The molecule has 1 rings (SSSR count). The highest BCUT2D eigenvalue weighted by Gasteiger charge is 2.24. The number of rotatable bonds is 5. The fourth-order valence-electron chi connectivity index (χ4n) is 1.40. The minimum Gasteiger partial charge on any atom is -0.479 e. The summed E-state index contributed by atoms with van der Waals surface area (Å²) in [5.74, 6) is 0.527. The number of hydrogen-bond acceptors (Lipinski definition) is 3. The van der Waals surface area contributed by atoms with Gasteiger partial charge in [-0.25, -0.2) is 4.79 Å². The minimum atomic E-state index is -1.15. The Balaban J connectivity index is 2.80. The van der Waals surface area contributed by atoms with E-state index in [2.05, 4.69) is 11.2 Å². The average Bonchev–Trinajstić information content (AvgIpc) is 2.36. The summed E-state index contributed by atoms with van der Waals surface area (Å²) < 4.78 is 0. The zero-order valence-electron chi connectivity index (χ0n) is 9.67. The number of benzene rings is 1. The number of nitrogens with two attached hydrogens (primary N) is 1. The molecule has 0 spiro atoms. The summed E-state index contributed by atoms with van der Waals surface area (Å²) in [6.45, 7) is 0. The first-order chi connectivity index (χ1) is 8.56. The summed E-state index contributed by atoms with van der Waals surface area (Å²) in [6, 6.07) is 6.35. The molecule has 1 amide bonds. The van der Waals surface area contributed by atoms with Crippen molar-refractivity contribution in [3.8, 4) is 12.3 Å². The van der Waals surface area contributed by atoms with Gasteiger partial charge in [0.25, 0.3) is 0 Å². The van der Waals surface area contributed by atoms with E-state index < -0.39 is 24.0 Å². The predicted octanol–water partition coefficient (Wildman–Crippen LogP) is 0.279. The molecule has 94 valence electrons. The SMILES string of the molecule is C#CCC(N)C(=O)N[C@@H](C(=O)O)c1ccccc1. The van der Waals surface area contributed by atoms with E-state index >= 15 is 0 Å². The van der Waals surface area contributed by atoms with Crippen LogP contribution < -0.4 is 11.1 Å². The van der Waals surface area contributed by atoms with Crippen LogP contribution in [0.3, 0.4) is 0 Å². The second-order valence-corrected chi connectivity index (χ2v) is 3.71. The number of hydrogen-bond donors (Lipinski definition) is 3. The first kappa shape index (κ1) is 13.7. The van der Waals surface area contributed by atoms with Crippen molar-refractivity contribution in [3.63, 3.8) is 0 Å². The molecule has 5 nitrogen and oxygen atoms in total. The van der Waals surface area contributed by atoms with E-state index in [1.165, 1.54) is 0 Å². The van der Waals surface area contributed by atoms with Crippen molar-refractivity contribution in [1.82, 2.24) is 5.32 Å². The van der Waals surface area contributed by atoms with Crippen LogP contribution in [-0.2, 0) is 9.59 Å². The maximum atomic E-state index is 11.6. The summed E-state index contributed by atoms with van der Waals surface area (Å²) in [4.78, 5) is 22.7. The van der Waals surface area contributed by atoms with Gasteiger partial charge in [0.2, 0.25) is 5.91 Å². The van der Waals surface area contributed by atoms with E-state index in [1.807, 2.05) is 0 Å². The highest BCUT2D eigenvalue weighted by atomic mass is 16.4. The van der Waals surface area contributed by atoms with Gasteiger partial charge in [-0.1, -0.05) is 30.3 Å². The molecule has 5 heteroatoms. The number of aliphatic carboxylic acids is 1. The Hall–Kier alpha value is -2.32. The molecule has 0 aromatic heterocycles. The van der Waals surface area contributed by atoms with Crippen molar-refractivity contribution in [3.05, 3.63) is 35.9 Å². The maximum absolute atomic E-state index is 11.6. The molecule has 0 heterocycles. The van der Waals surface area contributed by atoms with Gasteiger partial charge in [0.05, 0.1) is 6.04 Å². The Labute approximate surface area is 105 Å². The lowest BCUT2D eigenvalue weighted by Gasteiger charge is -2.17. The first-order valence-corrected chi connectivity index (χ1v) is 5.33. The van der Waals surface area contributed by atoms with E-state index in [4.69, 9.17) is 17.3 Å². The highest BCUT2D eigenvalue weighted by Crippen LogP contribution is 2.12. The second-order valence-electron chi connectivity index (χ2n) is 3.71. The van der Waals surface area contributed by atoms with Crippen LogP contribution in [0.4, 0.5) is 0 Å². The van der Waals surface area contributed by atoms with E-state index in [0.717, 1.165) is 0 Å². The van der Waals surface area contributed by atoms with Gasteiger partial charge in [0.15, 0.2) is 6.04 Å². The summed E-state index contributed by atoms with van der Waals surface area (Å²) in [7, 11) is 0. The molecular weight excluding hydrogens is 232 g/mol. The van der Waals surface area contributed by atoms with Crippen LogP contribution in [0.1, 0.15) is 18.0 Å². The zero-order chi connectivity index (χ0) is 13.5. The lowest BCUT2D eigenvalue weighted by Crippen LogP contribution is -2.44. The van der Waals surface area contributed by atoms with E-state index in [0.29, 0.717) is 5.56 Å². The molecule has 1 unspecified atom stereocenters. The van der Waals surface area contributed by atoms with Crippen LogP contribution in [0.25, 0.3) is 0 Å². The van der Waals surface area contributed by atoms with Crippen LogP contribution in [0.5, 0.6) is 0 Å². The van der Waals surface area contributed by atoms with Crippen LogP contribution in [0.2, 0.25) is 0 Å². The molecular formula is C13H14N2O3. The normalized spacial score (nSPS) is 13.1. The van der Waals surface area contributed by atoms with Gasteiger partial charge in [-0.05, 0) is 5.56 Å². The molecule has 0 fully saturated rings. The Morgan fingerprint density at radius 1 is 1.39 bits per heavy atom. The summed E-state index contributed by atoms with van der Waals surface area (Å²) in [5, 5.41) is 11.4. The first-order valence-electron chi connectivity index (χ1n) is 5.33. The molecule has 0 aliphatic rings. The smallest absolute Gasteiger partial charge is 0.330 e. The molecule has 0 saturated carbocycles. The largest absolute Gasteiger partial charge is 0.479 e. The summed E-state index contributed by atoms with van der Waals surface area (Å²) in [5.41, 5.74) is 5.98. The molecule has 0 radical (unpaired) electrons. The molecule has 2 atom stereocenters. The van der Waals surface area contributed by atoms with Crippen molar-refractivity contribution >= 4 is 11.9 Å². The lowest BCUT2D eigenvalue weighted by atomic mass is 10.1. The standard InChI is InChI=1S/C13H14N2O3/c1-2-6-10(14)12(16)15-11(13(17)18)9-7-4-3-5-8-9/h1,3-5,7-8,10-11H,6,14H2,(H,15,16)(H,17,18)/t10?,11-/m1/s1. The Morgan fingerprint density at radius 3 is 2.50 bits per heavy atom. The Bertz CT molecular complexity index is 465. The molecule has 0 aliphatic carbocycles. The third-order valence-corrected chi connectivity index (χ3v) is 2.34. The highest BCUT2D eigenvalue weighted by molar-refractivity contribution is 5.87. The van der Waals surface area contributed by atoms with E-state index in [-0.39, 0.29) is 6.42 Å². The Kier molecular flexibility index (Phi) is 4.90. The summed E-state index contributed by atoms with van der Waals surface area (Å²) in [6.07, 6.45) is 5.11. The van der Waals surface area contributed by atoms with Crippen LogP contribution in [0, 0.1) is 12.3 Å². The van der Waals surface area contributed by atoms with Crippen molar-refractivity contribution in [2.45, 2.75) is 18.5 Å². The van der Waals surface area contributed by atoms with E-state index in [1.54, 1.807) is 30.3 Å². The molecule has 1 aromatic rings. The quantitative estimate of drug-likeness (QED) is 0.651. The number of carbonyl (C=O) groups is 2. The number of carbonyl (C=O) groups excluding carboxylic acids is 1. The number of nitrogens with one attached hydrogen (secondary N) is 1. The topological polar surface area (TPSA) is 92.4 Å². The molecule has 0 bridgehead atoms. The van der Waals surface area contributed by atoms with E-state index in [9.17, 15) is 9.59 Å². The molecule has 0 saturated heterocycles. The third kappa shape index (κ3) is 3.61. The predicted molar refractivity (Wildman–Crippen MR) is 66.4 cm³/mol. The molecule has 0 aliphatic heterocycles. The Morgan fingerprint density at radius 2 is 2.00 bits per heavy atom. The zero-order valence-corrected chi connectivity index (χ0v) is 9.67. The second kappa shape index (κ2) is 6.42. The molecule has 1 aromatic carbocycles. The van der Waals surface area contributed by atoms with Gasteiger partial charge < -0.3 is 16.2 Å². The minimum absolute atomic E-state index is 0.0625. The van der Waals surface area contributed by atoms with Gasteiger partial charge in [0.1, 0.15) is 0 Å². The summed E-state index contributed by atoms with van der Waals surface area (Å²) >= 11 is 0. The van der Waals surface area contributed by atoms with Crippen LogP contribution >= 0.6 is 0 Å². The van der Waals surface area contributed by atoms with Crippen LogP contribution in [-0.4, -0.2) is 23.0 Å². The average molecular weight is 246 g/mol. The van der Waals surface area contributed by atoms with Gasteiger partial charge in [-0.15, -0.1) is 12.3 Å². The number of terminal acetylenes is 1. The van der Waals surface area contributed by atoms with Crippen molar-refractivity contribution in [1.29, 1.82) is 0 Å². The van der Waals surface area contributed by atoms with Gasteiger partial charge in [-0.2, -0.15) is 0 Å². The number of carboxylic acid groups (broad SMARTS) is 1. The van der Waals surface area contributed by atoms with Crippen molar-refractivity contribution < 1.29 is 14.7 Å². The van der Waals surface area contributed by atoms with Crippen LogP contribution in [0.15, 0.2) is 30.3 Å². The lowest BCUT2D eigenvalue weighted by molar-refractivity contribution is -0.142. The fourth-order valence-corrected chi connectivity index (χ4v) is 1.40. The van der Waals surface area contributed by atoms with Gasteiger partial charge in [-0.3, -0.25) is 4.79 Å². The van der Waals surface area contributed by atoms with Crippen molar-refractivity contribution in [2.24, 2.45) is 5.73 Å². The monoisotopic (exact) mass is 246 g/mol. The van der Waals surface area contributed by atoms with Gasteiger partial charge >= 0.3 is 5.97 Å². The van der Waals surface area contributed by atoms with Gasteiger partial charge in [0, 0.05) is 6.42 Å². The number of carboxylic acids is 1. The maximum Gasteiger partial charge on any atom is 0.330 e. The van der Waals surface area contributed by atoms with Crippen molar-refractivity contribution in [2.75, 3.05) is 0 Å².